The number of ketones is 1. The standard InChI is InChI=1S/C15H19N3O/c1-18(13-4-2-3-5-13)10-14(19)12-8-11-6-7-16-15(11)17-9-12/h6-9,13H,2-5,10H2,1H3,(H,16,17). The summed E-state index contributed by atoms with van der Waals surface area (Å²) in [5, 5.41) is 0.995. The molecular formula is C15H19N3O. The van der Waals surface area contributed by atoms with E-state index < -0.39 is 0 Å². The van der Waals surface area contributed by atoms with Crippen molar-refractivity contribution in [2.24, 2.45) is 0 Å². The van der Waals surface area contributed by atoms with Crippen LogP contribution in [0.5, 0.6) is 0 Å². The van der Waals surface area contributed by atoms with Gasteiger partial charge in [-0.15, -0.1) is 0 Å². The molecule has 0 atom stereocenters. The molecule has 19 heavy (non-hydrogen) atoms. The second-order valence-electron chi connectivity index (χ2n) is 5.42. The molecule has 0 radical (unpaired) electrons. The van der Waals surface area contributed by atoms with Gasteiger partial charge in [-0.05, 0) is 32.0 Å². The van der Waals surface area contributed by atoms with Crippen molar-refractivity contribution in [3.05, 3.63) is 30.1 Å². The van der Waals surface area contributed by atoms with Crippen molar-refractivity contribution in [3.63, 3.8) is 0 Å². The largest absolute Gasteiger partial charge is 0.346 e. The molecule has 2 aromatic heterocycles. The number of carbonyl (C=O) groups is 1. The summed E-state index contributed by atoms with van der Waals surface area (Å²) in [5.41, 5.74) is 1.54. The van der Waals surface area contributed by atoms with E-state index >= 15 is 0 Å². The lowest BCUT2D eigenvalue weighted by molar-refractivity contribution is 0.0921. The van der Waals surface area contributed by atoms with E-state index in [1.807, 2.05) is 18.3 Å². The third-order valence-electron chi connectivity index (χ3n) is 4.06. The molecule has 0 bridgehead atoms. The number of aromatic amines is 1. The monoisotopic (exact) mass is 257 g/mol. The molecular weight excluding hydrogens is 238 g/mol. The van der Waals surface area contributed by atoms with Gasteiger partial charge in [-0.25, -0.2) is 4.98 Å². The Morgan fingerprint density at radius 1 is 1.47 bits per heavy atom. The zero-order valence-corrected chi connectivity index (χ0v) is 11.2. The van der Waals surface area contributed by atoms with E-state index in [1.165, 1.54) is 25.7 Å². The molecule has 0 aliphatic heterocycles. The summed E-state index contributed by atoms with van der Waals surface area (Å²) in [6.07, 6.45) is 8.54. The highest BCUT2D eigenvalue weighted by Gasteiger charge is 2.21. The van der Waals surface area contributed by atoms with Gasteiger partial charge in [0, 0.05) is 29.4 Å². The van der Waals surface area contributed by atoms with E-state index in [0.29, 0.717) is 18.2 Å². The van der Waals surface area contributed by atoms with E-state index in [1.54, 1.807) is 6.20 Å². The van der Waals surface area contributed by atoms with Crippen molar-refractivity contribution in [2.75, 3.05) is 13.6 Å². The highest BCUT2D eigenvalue weighted by molar-refractivity contribution is 5.99. The van der Waals surface area contributed by atoms with Crippen molar-refractivity contribution in [3.8, 4) is 0 Å². The fraction of sp³-hybridized carbons (Fsp3) is 0.467. The SMILES string of the molecule is CN(CC(=O)c1cnc2[nH]ccc2c1)C1CCCC1. The number of H-pyrrole nitrogens is 1. The Morgan fingerprint density at radius 3 is 3.05 bits per heavy atom. The van der Waals surface area contributed by atoms with Crippen molar-refractivity contribution in [2.45, 2.75) is 31.7 Å². The number of rotatable bonds is 4. The first-order chi connectivity index (χ1) is 9.24. The Hall–Kier alpha value is -1.68. The average Bonchev–Trinajstić information content (AvgIpc) is 3.09. The van der Waals surface area contributed by atoms with Crippen LogP contribution in [-0.2, 0) is 0 Å². The Kier molecular flexibility index (Phi) is 3.34. The summed E-state index contributed by atoms with van der Waals surface area (Å²) in [5.74, 6) is 0.157. The molecule has 100 valence electrons. The van der Waals surface area contributed by atoms with Gasteiger partial charge in [0.25, 0.3) is 0 Å². The lowest BCUT2D eigenvalue weighted by Crippen LogP contribution is -2.34. The van der Waals surface area contributed by atoms with Gasteiger partial charge < -0.3 is 4.98 Å². The maximum atomic E-state index is 12.3. The molecule has 4 nitrogen and oxygen atoms in total. The van der Waals surface area contributed by atoms with Gasteiger partial charge in [-0.1, -0.05) is 12.8 Å². The topological polar surface area (TPSA) is 49.0 Å². The summed E-state index contributed by atoms with van der Waals surface area (Å²) in [4.78, 5) is 21.8. The lowest BCUT2D eigenvalue weighted by Gasteiger charge is -2.22. The van der Waals surface area contributed by atoms with Crippen LogP contribution in [0.3, 0.4) is 0 Å². The fourth-order valence-corrected chi connectivity index (χ4v) is 2.88. The number of carbonyl (C=O) groups excluding carboxylic acids is 1. The van der Waals surface area contributed by atoms with Gasteiger partial charge in [0.1, 0.15) is 5.65 Å². The number of likely N-dealkylation sites (N-methyl/N-ethyl adjacent to an activating group) is 1. The van der Waals surface area contributed by atoms with Gasteiger partial charge in [0.15, 0.2) is 5.78 Å². The van der Waals surface area contributed by atoms with Crippen LogP contribution >= 0.6 is 0 Å². The van der Waals surface area contributed by atoms with E-state index in [2.05, 4.69) is 21.9 Å². The number of Topliss-reactive ketones (excluding diaryl/α,β-unsaturated/α-hetero) is 1. The van der Waals surface area contributed by atoms with Crippen LogP contribution in [0.1, 0.15) is 36.0 Å². The number of pyridine rings is 1. The predicted octanol–water partition coefficient (Wildman–Crippen LogP) is 2.62. The minimum absolute atomic E-state index is 0.157. The highest BCUT2D eigenvalue weighted by atomic mass is 16.1. The summed E-state index contributed by atoms with van der Waals surface area (Å²) >= 11 is 0. The van der Waals surface area contributed by atoms with Gasteiger partial charge in [0.2, 0.25) is 0 Å². The zero-order chi connectivity index (χ0) is 13.2. The molecule has 0 saturated heterocycles. The first-order valence-electron chi connectivity index (χ1n) is 6.90. The third-order valence-corrected chi connectivity index (χ3v) is 4.06. The molecule has 1 fully saturated rings. The minimum Gasteiger partial charge on any atom is -0.346 e. The molecule has 1 N–H and O–H groups in total. The van der Waals surface area contributed by atoms with Gasteiger partial charge >= 0.3 is 0 Å². The Morgan fingerprint density at radius 2 is 2.26 bits per heavy atom. The van der Waals surface area contributed by atoms with E-state index in [0.717, 1.165) is 11.0 Å². The first kappa shape index (κ1) is 12.4. The van der Waals surface area contributed by atoms with Crippen LogP contribution in [0.4, 0.5) is 0 Å². The first-order valence-corrected chi connectivity index (χ1v) is 6.90. The summed E-state index contributed by atoms with van der Waals surface area (Å²) in [6, 6.07) is 4.44. The molecule has 1 saturated carbocycles. The highest BCUT2D eigenvalue weighted by Crippen LogP contribution is 2.22. The van der Waals surface area contributed by atoms with Crippen molar-refractivity contribution in [1.82, 2.24) is 14.9 Å². The van der Waals surface area contributed by atoms with E-state index in [9.17, 15) is 4.79 Å². The van der Waals surface area contributed by atoms with Crippen molar-refractivity contribution >= 4 is 16.8 Å². The molecule has 4 heteroatoms. The van der Waals surface area contributed by atoms with Crippen LogP contribution in [-0.4, -0.2) is 40.3 Å². The number of aromatic nitrogens is 2. The minimum atomic E-state index is 0.157. The van der Waals surface area contributed by atoms with Crippen molar-refractivity contribution < 1.29 is 4.79 Å². The van der Waals surface area contributed by atoms with Gasteiger partial charge in [-0.3, -0.25) is 9.69 Å². The second kappa shape index (κ2) is 5.13. The number of hydrogen-bond donors (Lipinski definition) is 1. The number of nitrogens with zero attached hydrogens (tertiary/aromatic N) is 2. The van der Waals surface area contributed by atoms with E-state index in [-0.39, 0.29) is 5.78 Å². The maximum absolute atomic E-state index is 12.3. The maximum Gasteiger partial charge on any atom is 0.178 e. The van der Waals surface area contributed by atoms with Crippen LogP contribution in [0.25, 0.3) is 11.0 Å². The molecule has 1 aliphatic carbocycles. The van der Waals surface area contributed by atoms with Crippen molar-refractivity contribution in [1.29, 1.82) is 0 Å². The molecule has 2 heterocycles. The number of fused-ring (bicyclic) bond motifs is 1. The molecule has 0 amide bonds. The normalized spacial score (nSPS) is 16.5. The van der Waals surface area contributed by atoms with Crippen LogP contribution in [0.15, 0.2) is 24.5 Å². The predicted molar refractivity (Wildman–Crippen MR) is 75.3 cm³/mol. The Labute approximate surface area is 112 Å². The van der Waals surface area contributed by atoms with Crippen LogP contribution in [0, 0.1) is 0 Å². The molecule has 0 spiro atoms. The molecule has 2 aromatic rings. The number of hydrogen-bond acceptors (Lipinski definition) is 3. The van der Waals surface area contributed by atoms with E-state index in [4.69, 9.17) is 0 Å². The second-order valence-corrected chi connectivity index (χ2v) is 5.42. The summed E-state index contributed by atoms with van der Waals surface area (Å²) in [6.45, 7) is 0.488. The van der Waals surface area contributed by atoms with Gasteiger partial charge in [-0.2, -0.15) is 0 Å². The number of nitrogens with one attached hydrogen (secondary N) is 1. The van der Waals surface area contributed by atoms with Crippen LogP contribution in [0.2, 0.25) is 0 Å². The smallest absolute Gasteiger partial charge is 0.178 e. The summed E-state index contributed by atoms with van der Waals surface area (Å²) < 4.78 is 0. The quantitative estimate of drug-likeness (QED) is 0.857. The molecule has 3 rings (SSSR count). The zero-order valence-electron chi connectivity index (χ0n) is 11.2. The molecule has 0 unspecified atom stereocenters. The van der Waals surface area contributed by atoms with Gasteiger partial charge in [0.05, 0.1) is 6.54 Å². The fourth-order valence-electron chi connectivity index (χ4n) is 2.88. The van der Waals surface area contributed by atoms with Crippen LogP contribution < -0.4 is 0 Å². The Bertz CT molecular complexity index is 584. The third kappa shape index (κ3) is 2.54. The Balaban J connectivity index is 1.71. The molecule has 0 aromatic carbocycles. The molecule has 1 aliphatic rings. The summed E-state index contributed by atoms with van der Waals surface area (Å²) in [7, 11) is 2.05. The average molecular weight is 257 g/mol. The lowest BCUT2D eigenvalue weighted by atomic mass is 10.1.